The van der Waals surface area contributed by atoms with Crippen molar-refractivity contribution in [3.8, 4) is 11.1 Å². The van der Waals surface area contributed by atoms with Gasteiger partial charge in [0.05, 0.1) is 29.6 Å². The van der Waals surface area contributed by atoms with Crippen molar-refractivity contribution in [1.29, 1.82) is 0 Å². The molecule has 0 amide bonds. The number of hydrogen-bond donors (Lipinski definition) is 2. The third-order valence-corrected chi connectivity index (χ3v) is 4.81. The summed E-state index contributed by atoms with van der Waals surface area (Å²) in [5, 5.41) is 4.68. The van der Waals surface area contributed by atoms with Crippen LogP contribution in [0.1, 0.15) is 5.69 Å². The second-order valence-electron chi connectivity index (χ2n) is 6.58. The number of aromatic nitrogens is 5. The highest BCUT2D eigenvalue weighted by atomic mass is 14.9. The zero-order chi connectivity index (χ0) is 18.2. The Balaban J connectivity index is 1.63. The number of aromatic amines is 1. The first-order valence-electron chi connectivity index (χ1n) is 8.79. The van der Waals surface area contributed by atoms with Gasteiger partial charge in [0.1, 0.15) is 0 Å². The summed E-state index contributed by atoms with van der Waals surface area (Å²) in [5.74, 6) is 0. The number of anilines is 1. The lowest BCUT2D eigenvalue weighted by molar-refractivity contribution is 0.969. The number of fused-ring (bicyclic) bond motifs is 2. The molecular formula is C21H18N6. The zero-order valence-corrected chi connectivity index (χ0v) is 14.8. The van der Waals surface area contributed by atoms with Crippen LogP contribution in [-0.2, 0) is 13.6 Å². The highest BCUT2D eigenvalue weighted by Gasteiger charge is 2.10. The Morgan fingerprint density at radius 1 is 1.07 bits per heavy atom. The number of nitrogens with zero attached hydrogens (tertiary/aromatic N) is 4. The first kappa shape index (κ1) is 15.6. The lowest BCUT2D eigenvalue weighted by Crippen LogP contribution is -2.00. The quantitative estimate of drug-likeness (QED) is 0.509. The molecule has 0 saturated heterocycles. The van der Waals surface area contributed by atoms with E-state index in [1.54, 1.807) is 18.7 Å². The zero-order valence-electron chi connectivity index (χ0n) is 14.8. The van der Waals surface area contributed by atoms with Gasteiger partial charge >= 0.3 is 0 Å². The van der Waals surface area contributed by atoms with Gasteiger partial charge in [0.2, 0.25) is 0 Å². The molecule has 0 unspecified atom stereocenters. The van der Waals surface area contributed by atoms with E-state index in [2.05, 4.69) is 73.4 Å². The first-order chi connectivity index (χ1) is 13.3. The van der Waals surface area contributed by atoms with Gasteiger partial charge in [0.25, 0.3) is 0 Å². The van der Waals surface area contributed by atoms with Crippen molar-refractivity contribution < 1.29 is 0 Å². The van der Waals surface area contributed by atoms with Crippen molar-refractivity contribution in [1.82, 2.24) is 24.5 Å². The molecule has 0 bridgehead atoms. The SMILES string of the molecule is Cn1ccc2ccc(-c3cc(NCc4cnc[nH]4)cc4nccnc34)cc21. The van der Waals surface area contributed by atoms with Gasteiger partial charge in [0, 0.05) is 48.6 Å². The molecule has 0 atom stereocenters. The Hall–Kier alpha value is -3.67. The maximum Gasteiger partial charge on any atom is 0.0966 e. The monoisotopic (exact) mass is 354 g/mol. The van der Waals surface area contributed by atoms with Gasteiger partial charge in [-0.25, -0.2) is 4.98 Å². The molecule has 5 aromatic rings. The van der Waals surface area contributed by atoms with E-state index in [4.69, 9.17) is 0 Å². The van der Waals surface area contributed by atoms with Crippen LogP contribution in [0.5, 0.6) is 0 Å². The van der Waals surface area contributed by atoms with E-state index in [0.717, 1.165) is 33.5 Å². The first-order valence-corrected chi connectivity index (χ1v) is 8.79. The minimum Gasteiger partial charge on any atom is -0.379 e. The Morgan fingerprint density at radius 2 is 2.00 bits per heavy atom. The van der Waals surface area contributed by atoms with E-state index in [0.29, 0.717) is 6.54 Å². The van der Waals surface area contributed by atoms with Crippen LogP contribution in [0.3, 0.4) is 0 Å². The van der Waals surface area contributed by atoms with Crippen LogP contribution < -0.4 is 5.32 Å². The van der Waals surface area contributed by atoms with E-state index >= 15 is 0 Å². The molecule has 0 aliphatic carbocycles. The number of imidazole rings is 1. The molecule has 0 aliphatic rings. The molecule has 2 aromatic carbocycles. The van der Waals surface area contributed by atoms with Crippen LogP contribution in [0.2, 0.25) is 0 Å². The molecular weight excluding hydrogens is 336 g/mol. The van der Waals surface area contributed by atoms with Gasteiger partial charge in [-0.2, -0.15) is 0 Å². The number of benzene rings is 2. The molecule has 0 fully saturated rings. The minimum absolute atomic E-state index is 0.669. The fourth-order valence-corrected chi connectivity index (χ4v) is 3.41. The molecule has 27 heavy (non-hydrogen) atoms. The molecule has 0 spiro atoms. The summed E-state index contributed by atoms with van der Waals surface area (Å²) < 4.78 is 2.13. The van der Waals surface area contributed by atoms with Crippen molar-refractivity contribution in [2.24, 2.45) is 7.05 Å². The van der Waals surface area contributed by atoms with Crippen molar-refractivity contribution in [3.05, 3.63) is 73.2 Å². The van der Waals surface area contributed by atoms with Gasteiger partial charge in [-0.1, -0.05) is 12.1 Å². The van der Waals surface area contributed by atoms with E-state index in [1.807, 2.05) is 12.3 Å². The number of H-pyrrole nitrogens is 1. The van der Waals surface area contributed by atoms with E-state index in [-0.39, 0.29) is 0 Å². The Morgan fingerprint density at radius 3 is 2.89 bits per heavy atom. The summed E-state index contributed by atoms with van der Waals surface area (Å²) in [4.78, 5) is 16.3. The fraction of sp³-hybridized carbons (Fsp3) is 0.0952. The van der Waals surface area contributed by atoms with Crippen molar-refractivity contribution in [2.75, 3.05) is 5.32 Å². The number of nitrogens with one attached hydrogen (secondary N) is 2. The van der Waals surface area contributed by atoms with Gasteiger partial charge in [-0.05, 0) is 35.2 Å². The fourth-order valence-electron chi connectivity index (χ4n) is 3.41. The lowest BCUT2D eigenvalue weighted by Gasteiger charge is -2.11. The molecule has 0 saturated carbocycles. The lowest BCUT2D eigenvalue weighted by atomic mass is 10.0. The van der Waals surface area contributed by atoms with Crippen LogP contribution in [0.25, 0.3) is 33.1 Å². The Kier molecular flexibility index (Phi) is 3.60. The van der Waals surface area contributed by atoms with Gasteiger partial charge in [-0.15, -0.1) is 0 Å². The van der Waals surface area contributed by atoms with Gasteiger partial charge in [0.15, 0.2) is 0 Å². The van der Waals surface area contributed by atoms with Crippen LogP contribution in [-0.4, -0.2) is 24.5 Å². The number of aryl methyl sites for hydroxylation is 1. The molecule has 3 aromatic heterocycles. The van der Waals surface area contributed by atoms with Crippen LogP contribution in [0.4, 0.5) is 5.69 Å². The Bertz CT molecular complexity index is 1240. The molecule has 3 heterocycles. The van der Waals surface area contributed by atoms with Crippen molar-refractivity contribution in [3.63, 3.8) is 0 Å². The van der Waals surface area contributed by atoms with Crippen molar-refractivity contribution >= 4 is 27.6 Å². The van der Waals surface area contributed by atoms with Crippen LogP contribution in [0.15, 0.2) is 67.5 Å². The normalized spacial score (nSPS) is 11.3. The van der Waals surface area contributed by atoms with Crippen LogP contribution >= 0.6 is 0 Å². The van der Waals surface area contributed by atoms with Gasteiger partial charge in [-0.3, -0.25) is 9.97 Å². The third-order valence-electron chi connectivity index (χ3n) is 4.81. The van der Waals surface area contributed by atoms with E-state index in [1.165, 1.54) is 10.9 Å². The summed E-state index contributed by atoms with van der Waals surface area (Å²) in [5.41, 5.74) is 7.18. The average molecular weight is 354 g/mol. The maximum absolute atomic E-state index is 4.59. The number of rotatable bonds is 4. The summed E-state index contributed by atoms with van der Waals surface area (Å²) in [6.45, 7) is 0.669. The predicted octanol–water partition coefficient (Wildman–Crippen LogP) is 4.12. The molecule has 6 heteroatoms. The summed E-state index contributed by atoms with van der Waals surface area (Å²) in [7, 11) is 2.06. The second kappa shape index (κ2) is 6.25. The largest absolute Gasteiger partial charge is 0.379 e. The molecule has 0 aliphatic heterocycles. The molecule has 6 nitrogen and oxygen atoms in total. The molecule has 0 radical (unpaired) electrons. The minimum atomic E-state index is 0.669. The van der Waals surface area contributed by atoms with E-state index < -0.39 is 0 Å². The second-order valence-corrected chi connectivity index (χ2v) is 6.58. The summed E-state index contributed by atoms with van der Waals surface area (Å²) in [6, 6.07) is 12.8. The smallest absolute Gasteiger partial charge is 0.0966 e. The average Bonchev–Trinajstić information content (AvgIpc) is 3.35. The predicted molar refractivity (Wildman–Crippen MR) is 107 cm³/mol. The van der Waals surface area contributed by atoms with E-state index in [9.17, 15) is 0 Å². The molecule has 5 rings (SSSR count). The molecule has 2 N–H and O–H groups in total. The standard InChI is InChI=1S/C21H18N6/c1-27-7-4-14-2-3-15(8-20(14)27)18-9-16(25-12-17-11-22-13-26-17)10-19-21(18)24-6-5-23-19/h2-11,13,25H,12H2,1H3,(H,22,26). The van der Waals surface area contributed by atoms with Crippen molar-refractivity contribution in [2.45, 2.75) is 6.54 Å². The summed E-state index contributed by atoms with van der Waals surface area (Å²) >= 11 is 0. The highest BCUT2D eigenvalue weighted by Crippen LogP contribution is 2.32. The maximum atomic E-state index is 4.59. The summed E-state index contributed by atoms with van der Waals surface area (Å²) in [6.07, 6.45) is 9.05. The van der Waals surface area contributed by atoms with Crippen LogP contribution in [0, 0.1) is 0 Å². The third kappa shape index (κ3) is 2.81. The molecule has 132 valence electrons. The topological polar surface area (TPSA) is 71.4 Å². The van der Waals surface area contributed by atoms with Gasteiger partial charge < -0.3 is 14.9 Å². The number of hydrogen-bond acceptors (Lipinski definition) is 4. The Labute approximate surface area is 155 Å². The highest BCUT2D eigenvalue weighted by molar-refractivity contribution is 5.97.